The average Bonchev–Trinajstić information content (AvgIpc) is 2.17. The van der Waals surface area contributed by atoms with E-state index < -0.39 is 0 Å². The molecule has 0 amide bonds. The zero-order chi connectivity index (χ0) is 10.5. The Labute approximate surface area is 94.2 Å². The second-order valence-corrected chi connectivity index (χ2v) is 5.47. The van der Waals surface area contributed by atoms with Gasteiger partial charge < -0.3 is 10.6 Å². The van der Waals surface area contributed by atoms with Crippen LogP contribution in [0.5, 0.6) is 0 Å². The Kier molecular flexibility index (Phi) is 4.45. The Morgan fingerprint density at radius 2 is 2.07 bits per heavy atom. The van der Waals surface area contributed by atoms with Crippen LogP contribution in [0.3, 0.4) is 0 Å². The summed E-state index contributed by atoms with van der Waals surface area (Å²) in [7, 11) is 0. The summed E-state index contributed by atoms with van der Waals surface area (Å²) in [6.07, 6.45) is 8.62. The Hall–Kier alpha value is -0.0800. The molecule has 2 rings (SSSR count). The Balaban J connectivity index is 1.52. The van der Waals surface area contributed by atoms with E-state index in [9.17, 15) is 0 Å². The van der Waals surface area contributed by atoms with Gasteiger partial charge in [0.25, 0.3) is 0 Å². The lowest BCUT2D eigenvalue weighted by atomic mass is 9.83. The van der Waals surface area contributed by atoms with Crippen molar-refractivity contribution in [2.24, 2.45) is 11.8 Å². The third kappa shape index (κ3) is 3.46. The molecule has 2 atom stereocenters. The van der Waals surface area contributed by atoms with E-state index in [2.05, 4.69) is 17.6 Å². The van der Waals surface area contributed by atoms with Gasteiger partial charge >= 0.3 is 0 Å². The van der Waals surface area contributed by atoms with Crippen LogP contribution in [0.25, 0.3) is 0 Å². The molecule has 0 bridgehead atoms. The van der Waals surface area contributed by atoms with Gasteiger partial charge in [0, 0.05) is 12.6 Å². The molecule has 0 spiro atoms. The summed E-state index contributed by atoms with van der Waals surface area (Å²) in [5, 5.41) is 7.24. The molecule has 2 heteroatoms. The van der Waals surface area contributed by atoms with E-state index in [4.69, 9.17) is 0 Å². The maximum atomic E-state index is 3.62. The van der Waals surface area contributed by atoms with Crippen molar-refractivity contribution in [2.45, 2.75) is 51.5 Å². The van der Waals surface area contributed by atoms with Crippen LogP contribution in [0.2, 0.25) is 0 Å². The van der Waals surface area contributed by atoms with Crippen molar-refractivity contribution in [1.82, 2.24) is 10.6 Å². The van der Waals surface area contributed by atoms with Gasteiger partial charge in [-0.3, -0.25) is 0 Å². The van der Waals surface area contributed by atoms with Crippen molar-refractivity contribution in [2.75, 3.05) is 19.6 Å². The quantitative estimate of drug-likeness (QED) is 0.680. The first-order valence-electron chi connectivity index (χ1n) is 6.80. The summed E-state index contributed by atoms with van der Waals surface area (Å²) in [6.45, 7) is 6.01. The van der Waals surface area contributed by atoms with E-state index in [1.54, 1.807) is 0 Å². The minimum atomic E-state index is 0.722. The van der Waals surface area contributed by atoms with Gasteiger partial charge in [0.15, 0.2) is 0 Å². The highest BCUT2D eigenvalue weighted by atomic mass is 15.0. The highest BCUT2D eigenvalue weighted by molar-refractivity contribution is 4.80. The SMILES string of the molecule is CC1CCCNC1CNCCC1CCC1. The van der Waals surface area contributed by atoms with Gasteiger partial charge in [0.2, 0.25) is 0 Å². The number of rotatable bonds is 5. The van der Waals surface area contributed by atoms with E-state index in [-0.39, 0.29) is 0 Å². The normalized spacial score (nSPS) is 32.6. The molecule has 15 heavy (non-hydrogen) atoms. The van der Waals surface area contributed by atoms with Crippen molar-refractivity contribution in [1.29, 1.82) is 0 Å². The minimum Gasteiger partial charge on any atom is -0.315 e. The fraction of sp³-hybridized carbons (Fsp3) is 1.00. The molecule has 1 saturated heterocycles. The van der Waals surface area contributed by atoms with Crippen LogP contribution in [-0.2, 0) is 0 Å². The molecular weight excluding hydrogens is 184 g/mol. The lowest BCUT2D eigenvalue weighted by Gasteiger charge is -2.31. The second-order valence-electron chi connectivity index (χ2n) is 5.47. The van der Waals surface area contributed by atoms with Crippen molar-refractivity contribution in [3.63, 3.8) is 0 Å². The summed E-state index contributed by atoms with van der Waals surface area (Å²) in [5.41, 5.74) is 0. The lowest BCUT2D eigenvalue weighted by molar-refractivity contribution is 0.270. The van der Waals surface area contributed by atoms with Crippen LogP contribution in [0.15, 0.2) is 0 Å². The monoisotopic (exact) mass is 210 g/mol. The van der Waals surface area contributed by atoms with E-state index in [1.807, 2.05) is 0 Å². The van der Waals surface area contributed by atoms with Crippen molar-refractivity contribution in [3.8, 4) is 0 Å². The Morgan fingerprint density at radius 3 is 2.73 bits per heavy atom. The van der Waals surface area contributed by atoms with Gasteiger partial charge in [-0.2, -0.15) is 0 Å². The molecule has 0 aromatic rings. The van der Waals surface area contributed by atoms with E-state index >= 15 is 0 Å². The number of hydrogen-bond donors (Lipinski definition) is 2. The van der Waals surface area contributed by atoms with Gasteiger partial charge in [-0.25, -0.2) is 0 Å². The van der Waals surface area contributed by atoms with Crippen molar-refractivity contribution in [3.05, 3.63) is 0 Å². The van der Waals surface area contributed by atoms with Gasteiger partial charge in [-0.05, 0) is 44.2 Å². The fourth-order valence-electron chi connectivity index (χ4n) is 2.73. The predicted molar refractivity (Wildman–Crippen MR) is 65.0 cm³/mol. The van der Waals surface area contributed by atoms with Gasteiger partial charge in [0.05, 0.1) is 0 Å². The molecule has 1 saturated carbocycles. The molecule has 0 aromatic carbocycles. The third-order valence-corrected chi connectivity index (χ3v) is 4.25. The van der Waals surface area contributed by atoms with Crippen LogP contribution < -0.4 is 10.6 Å². The van der Waals surface area contributed by atoms with Crippen LogP contribution in [0, 0.1) is 11.8 Å². The molecule has 88 valence electrons. The minimum absolute atomic E-state index is 0.722. The molecule has 2 unspecified atom stereocenters. The zero-order valence-corrected chi connectivity index (χ0v) is 10.1. The van der Waals surface area contributed by atoms with Gasteiger partial charge in [-0.15, -0.1) is 0 Å². The smallest absolute Gasteiger partial charge is 0.0218 e. The standard InChI is InChI=1S/C13H26N2/c1-11-4-3-8-15-13(11)10-14-9-7-12-5-2-6-12/h11-15H,2-10H2,1H3. The van der Waals surface area contributed by atoms with Gasteiger partial charge in [0.1, 0.15) is 0 Å². The van der Waals surface area contributed by atoms with Gasteiger partial charge in [-0.1, -0.05) is 26.2 Å². The maximum absolute atomic E-state index is 3.62. The first-order chi connectivity index (χ1) is 7.36. The molecule has 2 nitrogen and oxygen atoms in total. The average molecular weight is 210 g/mol. The molecule has 0 aromatic heterocycles. The molecular formula is C13H26N2. The molecule has 1 heterocycles. The molecule has 2 N–H and O–H groups in total. The number of piperidine rings is 1. The van der Waals surface area contributed by atoms with Crippen LogP contribution in [0.1, 0.15) is 45.4 Å². The summed E-state index contributed by atoms with van der Waals surface area (Å²) >= 11 is 0. The first kappa shape index (κ1) is 11.4. The Morgan fingerprint density at radius 1 is 1.20 bits per heavy atom. The zero-order valence-electron chi connectivity index (χ0n) is 10.1. The summed E-state index contributed by atoms with van der Waals surface area (Å²) in [5.74, 6) is 1.91. The summed E-state index contributed by atoms with van der Waals surface area (Å²) in [4.78, 5) is 0. The van der Waals surface area contributed by atoms with E-state index in [0.717, 1.165) is 17.9 Å². The molecule has 1 aliphatic carbocycles. The second kappa shape index (κ2) is 5.86. The molecule has 0 radical (unpaired) electrons. The maximum Gasteiger partial charge on any atom is 0.0218 e. The summed E-state index contributed by atoms with van der Waals surface area (Å²) in [6, 6.07) is 0.722. The number of hydrogen-bond acceptors (Lipinski definition) is 2. The van der Waals surface area contributed by atoms with Crippen molar-refractivity contribution >= 4 is 0 Å². The highest BCUT2D eigenvalue weighted by Gasteiger charge is 2.20. The van der Waals surface area contributed by atoms with Crippen LogP contribution in [0.4, 0.5) is 0 Å². The molecule has 2 fully saturated rings. The predicted octanol–water partition coefficient (Wildman–Crippen LogP) is 2.15. The van der Waals surface area contributed by atoms with Crippen molar-refractivity contribution < 1.29 is 0 Å². The lowest BCUT2D eigenvalue weighted by Crippen LogP contribution is -2.46. The molecule has 2 aliphatic rings. The fourth-order valence-corrected chi connectivity index (χ4v) is 2.73. The topological polar surface area (TPSA) is 24.1 Å². The van der Waals surface area contributed by atoms with E-state index in [0.29, 0.717) is 0 Å². The molecule has 1 aliphatic heterocycles. The summed E-state index contributed by atoms with van der Waals surface area (Å²) < 4.78 is 0. The Bertz CT molecular complexity index is 177. The number of nitrogens with one attached hydrogen (secondary N) is 2. The van der Waals surface area contributed by atoms with E-state index in [1.165, 1.54) is 58.2 Å². The van der Waals surface area contributed by atoms with Crippen LogP contribution >= 0.6 is 0 Å². The first-order valence-corrected chi connectivity index (χ1v) is 6.80. The largest absolute Gasteiger partial charge is 0.315 e. The van der Waals surface area contributed by atoms with Crippen LogP contribution in [-0.4, -0.2) is 25.7 Å². The highest BCUT2D eigenvalue weighted by Crippen LogP contribution is 2.28. The third-order valence-electron chi connectivity index (χ3n) is 4.25.